The van der Waals surface area contributed by atoms with Gasteiger partial charge in [-0.15, -0.1) is 0 Å². The van der Waals surface area contributed by atoms with Crippen molar-refractivity contribution in [3.8, 4) is 5.75 Å². The van der Waals surface area contributed by atoms with Gasteiger partial charge in [-0.05, 0) is 37.1 Å². The van der Waals surface area contributed by atoms with E-state index in [1.807, 2.05) is 26.0 Å². The van der Waals surface area contributed by atoms with Gasteiger partial charge in [0.05, 0.1) is 13.7 Å². The molecule has 1 saturated heterocycles. The maximum atomic E-state index is 12.5. The maximum absolute atomic E-state index is 12.5. The number of methoxy groups -OCH3 is 1. The van der Waals surface area contributed by atoms with Crippen LogP contribution in [0, 0.1) is 13.8 Å². The molecule has 1 aromatic rings. The number of carbonyl (C=O) groups excluding carboxylic acids is 1. The quantitative estimate of drug-likeness (QED) is 0.833. The molecule has 0 unspecified atom stereocenters. The van der Waals surface area contributed by atoms with Gasteiger partial charge in [0, 0.05) is 31.7 Å². The van der Waals surface area contributed by atoms with Gasteiger partial charge in [0.1, 0.15) is 5.75 Å². The Kier molecular flexibility index (Phi) is 4.56. The third-order valence-electron chi connectivity index (χ3n) is 3.60. The third-order valence-corrected chi connectivity index (χ3v) is 3.60. The summed E-state index contributed by atoms with van der Waals surface area (Å²) >= 11 is 0. The molecule has 0 bridgehead atoms. The molecule has 2 rings (SSSR count). The lowest BCUT2D eigenvalue weighted by molar-refractivity contribution is 0.0920. The van der Waals surface area contributed by atoms with Crippen molar-refractivity contribution in [2.45, 2.75) is 13.8 Å². The van der Waals surface area contributed by atoms with Crippen LogP contribution in [-0.4, -0.2) is 50.5 Å². The first-order chi connectivity index (χ1) is 9.11. The summed E-state index contributed by atoms with van der Waals surface area (Å²) in [6, 6.07) is 3.86. The van der Waals surface area contributed by atoms with Crippen molar-refractivity contribution in [1.29, 1.82) is 0 Å². The Bertz CT molecular complexity index is 442. The molecule has 0 atom stereocenters. The van der Waals surface area contributed by atoms with Crippen molar-refractivity contribution in [1.82, 2.24) is 10.2 Å². The van der Waals surface area contributed by atoms with Crippen LogP contribution in [0.4, 0.5) is 0 Å². The van der Waals surface area contributed by atoms with Gasteiger partial charge in [0.2, 0.25) is 0 Å². The minimum absolute atomic E-state index is 0.208. The lowest BCUT2D eigenvalue weighted by Crippen LogP contribution is -2.45. The highest BCUT2D eigenvalue weighted by atomic mass is 16.5. The predicted octanol–water partition coefficient (Wildman–Crippen LogP) is 1.40. The zero-order valence-corrected chi connectivity index (χ0v) is 12.0. The Morgan fingerprint density at radius 2 is 1.84 bits per heavy atom. The fourth-order valence-electron chi connectivity index (χ4n) is 2.63. The Hall–Kier alpha value is -1.39. The number of ketones is 1. The van der Waals surface area contributed by atoms with E-state index in [-0.39, 0.29) is 5.78 Å². The number of nitrogens with one attached hydrogen (secondary N) is 1. The number of hydrogen-bond acceptors (Lipinski definition) is 4. The Morgan fingerprint density at radius 1 is 1.26 bits per heavy atom. The predicted molar refractivity (Wildman–Crippen MR) is 76.1 cm³/mol. The summed E-state index contributed by atoms with van der Waals surface area (Å²) in [6.45, 7) is 8.28. The maximum Gasteiger partial charge on any atom is 0.177 e. The Balaban J connectivity index is 2.14. The van der Waals surface area contributed by atoms with Crippen LogP contribution in [0.15, 0.2) is 12.1 Å². The minimum atomic E-state index is 0.208. The average Bonchev–Trinajstić information content (AvgIpc) is 2.38. The molecule has 4 nitrogen and oxygen atoms in total. The fraction of sp³-hybridized carbons (Fsp3) is 0.533. The highest BCUT2D eigenvalue weighted by Crippen LogP contribution is 2.22. The second-order valence-electron chi connectivity index (χ2n) is 5.09. The molecule has 0 spiro atoms. The molecule has 1 aliphatic rings. The van der Waals surface area contributed by atoms with Gasteiger partial charge in [-0.25, -0.2) is 0 Å². The summed E-state index contributed by atoms with van der Waals surface area (Å²) in [5.74, 6) is 1.02. The van der Waals surface area contributed by atoms with E-state index in [0.29, 0.717) is 6.54 Å². The molecule has 4 heteroatoms. The molecule has 104 valence electrons. The van der Waals surface area contributed by atoms with Crippen molar-refractivity contribution in [3.05, 3.63) is 28.8 Å². The number of carbonyl (C=O) groups is 1. The van der Waals surface area contributed by atoms with Gasteiger partial charge in [0.25, 0.3) is 0 Å². The first-order valence-electron chi connectivity index (χ1n) is 6.73. The summed E-state index contributed by atoms with van der Waals surface area (Å²) in [5.41, 5.74) is 2.84. The van der Waals surface area contributed by atoms with Crippen molar-refractivity contribution < 1.29 is 9.53 Å². The third kappa shape index (κ3) is 3.33. The first kappa shape index (κ1) is 14.0. The lowest BCUT2D eigenvalue weighted by Gasteiger charge is -2.26. The fourth-order valence-corrected chi connectivity index (χ4v) is 2.63. The SMILES string of the molecule is COc1cc(C)c(C(=O)CN2CCNCC2)c(C)c1. The molecule has 0 amide bonds. The lowest BCUT2D eigenvalue weighted by atomic mass is 9.98. The van der Waals surface area contributed by atoms with Crippen LogP contribution in [0.1, 0.15) is 21.5 Å². The van der Waals surface area contributed by atoms with Crippen molar-refractivity contribution in [2.75, 3.05) is 39.8 Å². The molecule has 1 aromatic carbocycles. The molecule has 0 aromatic heterocycles. The molecule has 19 heavy (non-hydrogen) atoms. The Labute approximate surface area is 114 Å². The topological polar surface area (TPSA) is 41.6 Å². The van der Waals surface area contributed by atoms with Gasteiger partial charge >= 0.3 is 0 Å². The van der Waals surface area contributed by atoms with Gasteiger partial charge < -0.3 is 10.1 Å². The monoisotopic (exact) mass is 262 g/mol. The molecule has 0 saturated carbocycles. The van der Waals surface area contributed by atoms with Gasteiger partial charge in [0.15, 0.2) is 5.78 Å². The van der Waals surface area contributed by atoms with Crippen LogP contribution in [0.3, 0.4) is 0 Å². The van der Waals surface area contributed by atoms with E-state index in [2.05, 4.69) is 10.2 Å². The van der Waals surface area contributed by atoms with Crippen LogP contribution < -0.4 is 10.1 Å². The van der Waals surface area contributed by atoms with Crippen LogP contribution in [0.5, 0.6) is 5.75 Å². The smallest absolute Gasteiger partial charge is 0.177 e. The van der Waals surface area contributed by atoms with E-state index in [0.717, 1.165) is 48.6 Å². The number of hydrogen-bond donors (Lipinski definition) is 1. The summed E-state index contributed by atoms with van der Waals surface area (Å²) < 4.78 is 5.23. The minimum Gasteiger partial charge on any atom is -0.497 e. The number of nitrogens with zero attached hydrogens (tertiary/aromatic N) is 1. The van der Waals surface area contributed by atoms with Crippen molar-refractivity contribution >= 4 is 5.78 Å². The van der Waals surface area contributed by atoms with Gasteiger partial charge in [-0.1, -0.05) is 0 Å². The normalized spacial score (nSPS) is 16.4. The van der Waals surface area contributed by atoms with E-state index >= 15 is 0 Å². The van der Waals surface area contributed by atoms with Crippen LogP contribution in [-0.2, 0) is 0 Å². The Morgan fingerprint density at radius 3 is 2.37 bits per heavy atom. The van der Waals surface area contributed by atoms with Gasteiger partial charge in [-0.2, -0.15) is 0 Å². The number of aryl methyl sites for hydroxylation is 2. The van der Waals surface area contributed by atoms with E-state index < -0.39 is 0 Å². The van der Waals surface area contributed by atoms with E-state index in [9.17, 15) is 4.79 Å². The van der Waals surface area contributed by atoms with E-state index in [1.165, 1.54) is 0 Å². The second kappa shape index (κ2) is 6.17. The summed E-state index contributed by atoms with van der Waals surface area (Å²) in [7, 11) is 1.65. The average molecular weight is 262 g/mol. The van der Waals surface area contributed by atoms with E-state index in [1.54, 1.807) is 7.11 Å². The highest BCUT2D eigenvalue weighted by Gasteiger charge is 2.18. The second-order valence-corrected chi connectivity index (χ2v) is 5.09. The number of Topliss-reactive ketones (excluding diaryl/α,β-unsaturated/α-hetero) is 1. The van der Waals surface area contributed by atoms with E-state index in [4.69, 9.17) is 4.74 Å². The molecular formula is C15H22N2O2. The van der Waals surface area contributed by atoms with Crippen molar-refractivity contribution in [3.63, 3.8) is 0 Å². The van der Waals surface area contributed by atoms with Crippen LogP contribution in [0.25, 0.3) is 0 Å². The molecular weight excluding hydrogens is 240 g/mol. The summed E-state index contributed by atoms with van der Waals surface area (Å²) in [4.78, 5) is 14.7. The zero-order valence-electron chi connectivity index (χ0n) is 12.0. The molecule has 1 N–H and O–H groups in total. The number of rotatable bonds is 4. The highest BCUT2D eigenvalue weighted by molar-refractivity contribution is 6.00. The molecule has 0 radical (unpaired) electrons. The van der Waals surface area contributed by atoms with Crippen LogP contribution >= 0.6 is 0 Å². The molecule has 1 aliphatic heterocycles. The van der Waals surface area contributed by atoms with Gasteiger partial charge in [-0.3, -0.25) is 9.69 Å². The summed E-state index contributed by atoms with van der Waals surface area (Å²) in [6.07, 6.45) is 0. The molecule has 1 fully saturated rings. The van der Waals surface area contributed by atoms with Crippen molar-refractivity contribution in [2.24, 2.45) is 0 Å². The van der Waals surface area contributed by atoms with Crippen LogP contribution in [0.2, 0.25) is 0 Å². The largest absolute Gasteiger partial charge is 0.497 e. The molecule has 1 heterocycles. The number of ether oxygens (including phenoxy) is 1. The standard InChI is InChI=1S/C15H22N2O2/c1-11-8-13(19-3)9-12(2)15(11)14(18)10-17-6-4-16-5-7-17/h8-9,16H,4-7,10H2,1-3H3. The first-order valence-corrected chi connectivity index (χ1v) is 6.73. The summed E-state index contributed by atoms with van der Waals surface area (Å²) in [5, 5.41) is 3.30. The number of piperazine rings is 1. The zero-order chi connectivity index (χ0) is 13.8. The number of benzene rings is 1. The molecule has 0 aliphatic carbocycles.